The molecule has 0 unspecified atom stereocenters. The summed E-state index contributed by atoms with van der Waals surface area (Å²) < 4.78 is 10.2. The number of fused-ring (bicyclic) bond motifs is 2. The summed E-state index contributed by atoms with van der Waals surface area (Å²) in [5.41, 5.74) is 4.44. The summed E-state index contributed by atoms with van der Waals surface area (Å²) in [6.45, 7) is 0. The van der Waals surface area contributed by atoms with Gasteiger partial charge in [0.05, 0.1) is 17.4 Å². The van der Waals surface area contributed by atoms with Gasteiger partial charge in [-0.25, -0.2) is 9.97 Å². The highest BCUT2D eigenvalue weighted by Crippen LogP contribution is 2.23. The zero-order chi connectivity index (χ0) is 18.2. The van der Waals surface area contributed by atoms with Gasteiger partial charge in [0.15, 0.2) is 0 Å². The van der Waals surface area contributed by atoms with Crippen LogP contribution in [-0.2, 0) is 0 Å². The van der Waals surface area contributed by atoms with Crippen molar-refractivity contribution < 1.29 is 4.79 Å². The fraction of sp³-hybridized carbons (Fsp3) is 0. The minimum Gasteiger partial charge on any atom is -0.322 e. The van der Waals surface area contributed by atoms with Crippen molar-refractivity contribution in [2.75, 3.05) is 5.32 Å². The first-order chi connectivity index (χ1) is 13.3. The number of aromatic nitrogens is 5. The maximum Gasteiger partial charge on any atom is 0.255 e. The summed E-state index contributed by atoms with van der Waals surface area (Å²) in [6.07, 6.45) is 5.51. The number of carbonyl (C=O) groups excluding carboxylic acids is 1. The predicted molar refractivity (Wildman–Crippen MR) is 104 cm³/mol. The van der Waals surface area contributed by atoms with Crippen molar-refractivity contribution in [3.63, 3.8) is 0 Å². The van der Waals surface area contributed by atoms with Gasteiger partial charge in [-0.05, 0) is 36.4 Å². The Morgan fingerprint density at radius 1 is 1.04 bits per heavy atom. The second-order valence-corrected chi connectivity index (χ2v) is 6.48. The molecule has 0 aliphatic rings. The Hall–Kier alpha value is -3.65. The van der Waals surface area contributed by atoms with Gasteiger partial charge in [-0.1, -0.05) is 12.1 Å². The Kier molecular flexibility index (Phi) is 3.61. The van der Waals surface area contributed by atoms with Gasteiger partial charge in [-0.3, -0.25) is 9.20 Å². The molecule has 0 aliphatic carbocycles. The molecule has 0 radical (unpaired) electrons. The Balaban J connectivity index is 1.43. The van der Waals surface area contributed by atoms with E-state index >= 15 is 0 Å². The van der Waals surface area contributed by atoms with Crippen LogP contribution in [0.4, 0.5) is 5.69 Å². The molecule has 1 N–H and O–H groups in total. The lowest BCUT2D eigenvalue weighted by atomic mass is 10.1. The zero-order valence-corrected chi connectivity index (χ0v) is 14.7. The molecule has 5 aromatic rings. The van der Waals surface area contributed by atoms with E-state index in [-0.39, 0.29) is 5.91 Å². The number of hydrogen-bond donors (Lipinski definition) is 1. The monoisotopic (exact) mass is 372 g/mol. The molecule has 7 nitrogen and oxygen atoms in total. The number of hydrogen-bond acceptors (Lipinski definition) is 6. The average molecular weight is 372 g/mol. The van der Waals surface area contributed by atoms with Crippen LogP contribution in [0.1, 0.15) is 10.4 Å². The normalized spacial score (nSPS) is 11.1. The maximum atomic E-state index is 12.6. The minimum atomic E-state index is -0.196. The summed E-state index contributed by atoms with van der Waals surface area (Å²) >= 11 is 1.13. The molecule has 0 bridgehead atoms. The van der Waals surface area contributed by atoms with Crippen molar-refractivity contribution in [3.05, 3.63) is 72.7 Å². The lowest BCUT2D eigenvalue weighted by Gasteiger charge is -2.06. The van der Waals surface area contributed by atoms with Gasteiger partial charge >= 0.3 is 0 Å². The molecular formula is C19H12N6OS. The minimum absolute atomic E-state index is 0.196. The predicted octanol–water partition coefficient (Wildman–Crippen LogP) is 3.65. The van der Waals surface area contributed by atoms with Crippen LogP contribution in [0.2, 0.25) is 0 Å². The third-order valence-corrected chi connectivity index (χ3v) is 4.72. The van der Waals surface area contributed by atoms with Crippen LogP contribution in [-0.4, -0.2) is 29.0 Å². The first kappa shape index (κ1) is 15.6. The third kappa shape index (κ3) is 2.91. The Labute approximate surface area is 157 Å². The average Bonchev–Trinajstić information content (AvgIpc) is 3.34. The highest BCUT2D eigenvalue weighted by atomic mass is 32.1. The molecule has 8 heteroatoms. The number of carbonyl (C=O) groups is 1. The molecule has 0 spiro atoms. The number of benzene rings is 2. The van der Waals surface area contributed by atoms with E-state index in [0.717, 1.165) is 34.0 Å². The highest BCUT2D eigenvalue weighted by Gasteiger charge is 2.10. The van der Waals surface area contributed by atoms with Gasteiger partial charge in [0.25, 0.3) is 5.91 Å². The van der Waals surface area contributed by atoms with Gasteiger partial charge in [0.1, 0.15) is 11.0 Å². The Morgan fingerprint density at radius 3 is 2.89 bits per heavy atom. The van der Waals surface area contributed by atoms with Crippen molar-refractivity contribution in [1.29, 1.82) is 0 Å². The lowest BCUT2D eigenvalue weighted by molar-refractivity contribution is 0.102. The van der Waals surface area contributed by atoms with E-state index in [9.17, 15) is 4.79 Å². The van der Waals surface area contributed by atoms with Crippen molar-refractivity contribution in [2.45, 2.75) is 0 Å². The van der Waals surface area contributed by atoms with E-state index in [4.69, 9.17) is 0 Å². The van der Waals surface area contributed by atoms with Crippen LogP contribution >= 0.6 is 11.7 Å². The molecule has 3 heterocycles. The van der Waals surface area contributed by atoms with Gasteiger partial charge in [-0.2, -0.15) is 8.75 Å². The van der Waals surface area contributed by atoms with E-state index in [1.165, 1.54) is 0 Å². The fourth-order valence-electron chi connectivity index (χ4n) is 2.85. The number of imidazole rings is 1. The number of nitrogens with zero attached hydrogens (tertiary/aromatic N) is 5. The van der Waals surface area contributed by atoms with Gasteiger partial charge in [0.2, 0.25) is 5.78 Å². The largest absolute Gasteiger partial charge is 0.322 e. The Morgan fingerprint density at radius 2 is 1.96 bits per heavy atom. The molecule has 2 aromatic carbocycles. The molecule has 3 aromatic heterocycles. The van der Waals surface area contributed by atoms with Crippen molar-refractivity contribution in [2.24, 2.45) is 0 Å². The van der Waals surface area contributed by atoms with E-state index in [1.54, 1.807) is 24.4 Å². The number of amides is 1. The van der Waals surface area contributed by atoms with Gasteiger partial charge in [0, 0.05) is 35.4 Å². The molecule has 0 atom stereocenters. The zero-order valence-electron chi connectivity index (χ0n) is 13.9. The number of rotatable bonds is 3. The highest BCUT2D eigenvalue weighted by molar-refractivity contribution is 7.00. The third-order valence-electron chi connectivity index (χ3n) is 4.17. The summed E-state index contributed by atoms with van der Waals surface area (Å²) in [5.74, 6) is 0.436. The lowest BCUT2D eigenvalue weighted by Crippen LogP contribution is -2.11. The van der Waals surface area contributed by atoms with E-state index in [2.05, 4.69) is 24.0 Å². The van der Waals surface area contributed by atoms with Crippen molar-refractivity contribution in [1.82, 2.24) is 23.1 Å². The second kappa shape index (κ2) is 6.26. The van der Waals surface area contributed by atoms with Crippen LogP contribution in [0, 0.1) is 0 Å². The maximum absolute atomic E-state index is 12.6. The van der Waals surface area contributed by atoms with Gasteiger partial charge < -0.3 is 5.32 Å². The van der Waals surface area contributed by atoms with Crippen molar-refractivity contribution in [3.8, 4) is 11.3 Å². The van der Waals surface area contributed by atoms with Crippen molar-refractivity contribution >= 4 is 40.1 Å². The summed E-state index contributed by atoms with van der Waals surface area (Å²) in [6, 6.07) is 14.7. The van der Waals surface area contributed by atoms with E-state index in [0.29, 0.717) is 17.0 Å². The van der Waals surface area contributed by atoms with Crippen LogP contribution in [0.15, 0.2) is 67.1 Å². The summed E-state index contributed by atoms with van der Waals surface area (Å²) in [5, 5.41) is 2.93. The molecule has 130 valence electrons. The SMILES string of the molecule is O=C(Nc1cccc(-c2cn3cccnc3n2)c1)c1ccc2nsnc2c1. The topological polar surface area (TPSA) is 85.1 Å². The summed E-state index contributed by atoms with van der Waals surface area (Å²) in [7, 11) is 0. The van der Waals surface area contributed by atoms with E-state index < -0.39 is 0 Å². The molecular weight excluding hydrogens is 360 g/mol. The number of nitrogens with one attached hydrogen (secondary N) is 1. The second-order valence-electron chi connectivity index (χ2n) is 5.96. The molecule has 0 saturated carbocycles. The molecule has 0 saturated heterocycles. The fourth-order valence-corrected chi connectivity index (χ4v) is 3.37. The molecule has 0 aliphatic heterocycles. The quantitative estimate of drug-likeness (QED) is 0.522. The standard InChI is InChI=1S/C19H12N6OS/c26-18(13-5-6-15-16(10-13)24-27-23-15)21-14-4-1-3-12(9-14)17-11-25-8-2-7-20-19(25)22-17/h1-11H,(H,21,26). The molecule has 1 amide bonds. The van der Waals surface area contributed by atoms with Crippen LogP contribution < -0.4 is 5.32 Å². The Bertz CT molecular complexity index is 1260. The molecule has 27 heavy (non-hydrogen) atoms. The molecule has 0 fully saturated rings. The first-order valence-electron chi connectivity index (χ1n) is 8.20. The van der Waals surface area contributed by atoms with Gasteiger partial charge in [-0.15, -0.1) is 0 Å². The smallest absolute Gasteiger partial charge is 0.255 e. The first-order valence-corrected chi connectivity index (χ1v) is 8.93. The van der Waals surface area contributed by atoms with Crippen LogP contribution in [0.5, 0.6) is 0 Å². The van der Waals surface area contributed by atoms with E-state index in [1.807, 2.05) is 47.1 Å². The number of anilines is 1. The van der Waals surface area contributed by atoms with Crippen LogP contribution in [0.25, 0.3) is 28.1 Å². The molecule has 5 rings (SSSR count). The van der Waals surface area contributed by atoms with Crippen LogP contribution in [0.3, 0.4) is 0 Å². The summed E-state index contributed by atoms with van der Waals surface area (Å²) in [4.78, 5) is 21.3.